The van der Waals surface area contributed by atoms with Crippen LogP contribution in [-0.2, 0) is 0 Å². The summed E-state index contributed by atoms with van der Waals surface area (Å²) in [4.78, 5) is 4.65. The van der Waals surface area contributed by atoms with Crippen molar-refractivity contribution >= 4 is 67.5 Å². The molecule has 0 atom stereocenters. The first kappa shape index (κ1) is 32.4. The first-order valence-corrected chi connectivity index (χ1v) is 18.3. The predicted molar refractivity (Wildman–Crippen MR) is 224 cm³/mol. The molecule has 0 radical (unpaired) electrons. The monoisotopic (exact) mass is 704 g/mol. The third kappa shape index (κ3) is 5.65. The second-order valence-corrected chi connectivity index (χ2v) is 13.7. The molecule has 5 heteroatoms. The fourth-order valence-corrected chi connectivity index (χ4v) is 8.04. The fraction of sp³-hybridized carbons (Fsp3) is 0.0417. The van der Waals surface area contributed by atoms with Gasteiger partial charge in [-0.15, -0.1) is 0 Å². The zero-order valence-corrected chi connectivity index (χ0v) is 30.3. The van der Waals surface area contributed by atoms with Gasteiger partial charge in [-0.2, -0.15) is 0 Å². The Balaban J connectivity index is 1.20. The molecule has 9 aromatic rings. The van der Waals surface area contributed by atoms with Crippen LogP contribution in [0.15, 0.2) is 188 Å². The fourth-order valence-electron chi connectivity index (χ4n) is 7.74. The van der Waals surface area contributed by atoms with E-state index in [1.165, 1.54) is 0 Å². The number of benzene rings is 7. The van der Waals surface area contributed by atoms with Crippen LogP contribution in [0.25, 0.3) is 33.2 Å². The number of para-hydroxylation sites is 4. The molecule has 53 heavy (non-hydrogen) atoms. The van der Waals surface area contributed by atoms with Gasteiger partial charge >= 0.3 is 0 Å². The normalized spacial score (nSPS) is 11.3. The molecular weight excluding hydrogens is 668 g/mol. The lowest BCUT2D eigenvalue weighted by Gasteiger charge is -2.26. The number of aryl methyl sites for hydroxylation is 2. The van der Waals surface area contributed by atoms with E-state index in [4.69, 9.17) is 11.6 Å². The van der Waals surface area contributed by atoms with Crippen LogP contribution in [0.1, 0.15) is 11.4 Å². The standard InChI is InChI=1S/C48H37ClN4/c1-34-32-40-42(26-15-28-44(40)52(36-18-7-3-8-19-36)37-20-9-4-10-21-37)50(34)46-30-17-31-47(48(46)49)51-35(2)33-41-43(51)27-16-29-45(41)53(38-22-11-5-12-23-38)39-24-13-6-14-25-39/h3-33H,1-2H3. The zero-order valence-electron chi connectivity index (χ0n) is 29.6. The molecule has 0 saturated heterocycles. The molecule has 7 aromatic carbocycles. The first-order chi connectivity index (χ1) is 26.1. The lowest BCUT2D eigenvalue weighted by molar-refractivity contribution is 1.02. The van der Waals surface area contributed by atoms with Gasteiger partial charge in [0.05, 0.1) is 38.8 Å². The number of nitrogens with zero attached hydrogens (tertiary/aromatic N) is 4. The van der Waals surface area contributed by atoms with Crippen molar-refractivity contribution in [2.24, 2.45) is 0 Å². The highest BCUT2D eigenvalue weighted by atomic mass is 35.5. The van der Waals surface area contributed by atoms with Crippen LogP contribution < -0.4 is 9.80 Å². The first-order valence-electron chi connectivity index (χ1n) is 17.9. The lowest BCUT2D eigenvalue weighted by atomic mass is 10.1. The van der Waals surface area contributed by atoms with Gasteiger partial charge in [0.25, 0.3) is 0 Å². The van der Waals surface area contributed by atoms with Gasteiger partial charge in [0, 0.05) is 44.9 Å². The highest BCUT2D eigenvalue weighted by Crippen LogP contribution is 2.44. The smallest absolute Gasteiger partial charge is 0.0886 e. The Morgan fingerprint density at radius 3 is 1.04 bits per heavy atom. The Hall–Kier alpha value is -6.49. The summed E-state index contributed by atoms with van der Waals surface area (Å²) >= 11 is 7.56. The number of aromatic nitrogens is 2. The molecule has 4 nitrogen and oxygen atoms in total. The summed E-state index contributed by atoms with van der Waals surface area (Å²) in [6, 6.07) is 66.1. The van der Waals surface area contributed by atoms with Gasteiger partial charge in [-0.05, 0) is 111 Å². The van der Waals surface area contributed by atoms with Crippen molar-refractivity contribution in [3.8, 4) is 11.4 Å². The number of fused-ring (bicyclic) bond motifs is 2. The Labute approximate surface area is 315 Å². The minimum absolute atomic E-state index is 0.690. The van der Waals surface area contributed by atoms with E-state index in [0.717, 1.165) is 78.7 Å². The van der Waals surface area contributed by atoms with Gasteiger partial charge in [-0.25, -0.2) is 0 Å². The van der Waals surface area contributed by atoms with E-state index in [1.807, 2.05) is 0 Å². The second kappa shape index (κ2) is 13.6. The molecule has 0 spiro atoms. The van der Waals surface area contributed by atoms with Crippen molar-refractivity contribution in [1.82, 2.24) is 9.13 Å². The van der Waals surface area contributed by atoms with E-state index < -0.39 is 0 Å². The van der Waals surface area contributed by atoms with E-state index >= 15 is 0 Å². The summed E-state index contributed by atoms with van der Waals surface area (Å²) in [6.07, 6.45) is 0. The van der Waals surface area contributed by atoms with Gasteiger partial charge in [-0.3, -0.25) is 0 Å². The van der Waals surface area contributed by atoms with E-state index in [-0.39, 0.29) is 0 Å². The van der Waals surface area contributed by atoms with E-state index in [0.29, 0.717) is 5.02 Å². The Morgan fingerprint density at radius 2 is 0.698 bits per heavy atom. The lowest BCUT2D eigenvalue weighted by Crippen LogP contribution is -2.10. The van der Waals surface area contributed by atoms with Crippen molar-refractivity contribution < 1.29 is 0 Å². The average molecular weight is 705 g/mol. The number of hydrogen-bond acceptors (Lipinski definition) is 2. The summed E-state index contributed by atoms with van der Waals surface area (Å²) in [6.45, 7) is 4.32. The van der Waals surface area contributed by atoms with Crippen molar-refractivity contribution in [2.45, 2.75) is 13.8 Å². The minimum Gasteiger partial charge on any atom is -0.312 e. The van der Waals surface area contributed by atoms with Gasteiger partial charge in [0.1, 0.15) is 0 Å². The Kier molecular flexibility index (Phi) is 8.30. The number of halogens is 1. The van der Waals surface area contributed by atoms with Crippen LogP contribution in [0.2, 0.25) is 5.02 Å². The maximum absolute atomic E-state index is 7.56. The third-order valence-corrected chi connectivity index (χ3v) is 10.4. The van der Waals surface area contributed by atoms with Gasteiger partial charge in [0.15, 0.2) is 0 Å². The van der Waals surface area contributed by atoms with Gasteiger partial charge < -0.3 is 18.9 Å². The summed E-state index contributed by atoms with van der Waals surface area (Å²) < 4.78 is 4.58. The molecule has 0 aliphatic rings. The van der Waals surface area contributed by atoms with Crippen LogP contribution in [0.4, 0.5) is 34.1 Å². The topological polar surface area (TPSA) is 16.3 Å². The van der Waals surface area contributed by atoms with Crippen LogP contribution in [-0.4, -0.2) is 9.13 Å². The highest BCUT2D eigenvalue weighted by molar-refractivity contribution is 6.34. The van der Waals surface area contributed by atoms with Gasteiger partial charge in [-0.1, -0.05) is 103 Å². The molecule has 0 fully saturated rings. The van der Waals surface area contributed by atoms with Crippen molar-refractivity contribution in [3.63, 3.8) is 0 Å². The molecule has 0 aliphatic heterocycles. The van der Waals surface area contributed by atoms with Crippen molar-refractivity contribution in [1.29, 1.82) is 0 Å². The van der Waals surface area contributed by atoms with Crippen LogP contribution >= 0.6 is 11.6 Å². The van der Waals surface area contributed by atoms with Gasteiger partial charge in [0.2, 0.25) is 0 Å². The molecule has 0 bridgehead atoms. The van der Waals surface area contributed by atoms with Crippen LogP contribution in [0.3, 0.4) is 0 Å². The highest BCUT2D eigenvalue weighted by Gasteiger charge is 2.22. The molecule has 9 rings (SSSR count). The van der Waals surface area contributed by atoms with Crippen molar-refractivity contribution in [3.05, 3.63) is 204 Å². The molecule has 256 valence electrons. The van der Waals surface area contributed by atoms with Crippen LogP contribution in [0, 0.1) is 13.8 Å². The number of rotatable bonds is 8. The molecular formula is C48H37ClN4. The second-order valence-electron chi connectivity index (χ2n) is 13.3. The quantitative estimate of drug-likeness (QED) is 0.157. The van der Waals surface area contributed by atoms with E-state index in [1.54, 1.807) is 0 Å². The summed E-state index contributed by atoms with van der Waals surface area (Å²) in [5, 5.41) is 2.98. The maximum Gasteiger partial charge on any atom is 0.0886 e. The Bertz CT molecular complexity index is 2430. The maximum atomic E-state index is 7.56. The average Bonchev–Trinajstić information content (AvgIpc) is 3.73. The molecule has 0 unspecified atom stereocenters. The molecule has 2 heterocycles. The molecule has 2 aromatic heterocycles. The van der Waals surface area contributed by atoms with Crippen molar-refractivity contribution in [2.75, 3.05) is 9.80 Å². The molecule has 0 saturated carbocycles. The largest absolute Gasteiger partial charge is 0.312 e. The minimum atomic E-state index is 0.690. The van der Waals surface area contributed by atoms with Crippen LogP contribution in [0.5, 0.6) is 0 Å². The zero-order chi connectivity index (χ0) is 35.9. The summed E-state index contributed by atoms with van der Waals surface area (Å²) in [5.74, 6) is 0. The summed E-state index contributed by atoms with van der Waals surface area (Å²) in [5.41, 5.74) is 12.9. The molecule has 0 aliphatic carbocycles. The third-order valence-electron chi connectivity index (χ3n) is 9.99. The SMILES string of the molecule is Cc1cc2c(N(c3ccccc3)c3ccccc3)cccc2n1-c1cccc(-n2c(C)cc3c(N(c4ccccc4)c4ccccc4)cccc32)c1Cl. The Morgan fingerprint density at radius 1 is 0.377 bits per heavy atom. The number of hydrogen-bond donors (Lipinski definition) is 0. The molecule has 0 amide bonds. The predicted octanol–water partition coefficient (Wildman–Crippen LogP) is 13.8. The van der Waals surface area contributed by atoms with E-state index in [9.17, 15) is 0 Å². The number of anilines is 6. The summed E-state index contributed by atoms with van der Waals surface area (Å²) in [7, 11) is 0. The molecule has 0 N–H and O–H groups in total. The van der Waals surface area contributed by atoms with E-state index in [2.05, 4.69) is 221 Å².